The average Bonchev–Trinajstić information content (AvgIpc) is 3.36. The first kappa shape index (κ1) is 21.7. The number of fused-ring (bicyclic) bond motifs is 4. The van der Waals surface area contributed by atoms with Crippen molar-refractivity contribution >= 4 is 17.8 Å². The number of pyridine rings is 1. The van der Waals surface area contributed by atoms with Crippen LogP contribution in [0.5, 0.6) is 11.5 Å². The topological polar surface area (TPSA) is 110 Å². The Kier molecular flexibility index (Phi) is 4.90. The van der Waals surface area contributed by atoms with Crippen LogP contribution in [-0.4, -0.2) is 46.9 Å². The van der Waals surface area contributed by atoms with Crippen molar-refractivity contribution in [3.8, 4) is 34.6 Å². The predicted octanol–water partition coefficient (Wildman–Crippen LogP) is 2.24. The molecule has 0 radical (unpaired) electrons. The molecule has 2 aromatic carbocycles. The van der Waals surface area contributed by atoms with E-state index in [0.717, 1.165) is 28.1 Å². The predicted molar refractivity (Wildman–Crippen MR) is 128 cm³/mol. The van der Waals surface area contributed by atoms with Gasteiger partial charge in [-0.05, 0) is 42.0 Å². The SMILES string of the molecule is COc1ccc2c(c1)C(=O)N(C[C@@]1(C#Cc3ccc4c(c3)COc3cccnc3-4)NC(=O)NC1=O)C2. The zero-order valence-corrected chi connectivity index (χ0v) is 19.3. The zero-order valence-electron chi connectivity index (χ0n) is 19.3. The third-order valence-electron chi connectivity index (χ3n) is 6.50. The Bertz CT molecular complexity index is 1520. The Labute approximate surface area is 206 Å². The van der Waals surface area contributed by atoms with Crippen molar-refractivity contribution in [1.82, 2.24) is 20.5 Å². The van der Waals surface area contributed by atoms with E-state index in [-0.39, 0.29) is 12.5 Å². The number of imide groups is 1. The quantitative estimate of drug-likeness (QED) is 0.440. The number of carbonyl (C=O) groups is 3. The number of urea groups is 1. The molecular formula is C27H20N4O5. The minimum atomic E-state index is -1.58. The normalized spacial score (nSPS) is 19.2. The van der Waals surface area contributed by atoms with Crippen LogP contribution in [0, 0.1) is 11.8 Å². The number of nitrogens with zero attached hydrogens (tertiary/aromatic N) is 2. The van der Waals surface area contributed by atoms with E-state index in [1.807, 2.05) is 36.4 Å². The monoisotopic (exact) mass is 480 g/mol. The molecular weight excluding hydrogens is 460 g/mol. The smallest absolute Gasteiger partial charge is 0.323 e. The maximum absolute atomic E-state index is 13.1. The van der Waals surface area contributed by atoms with Gasteiger partial charge < -0.3 is 19.7 Å². The third-order valence-corrected chi connectivity index (χ3v) is 6.50. The first-order valence-electron chi connectivity index (χ1n) is 11.3. The van der Waals surface area contributed by atoms with Gasteiger partial charge in [-0.15, -0.1) is 0 Å². The molecule has 178 valence electrons. The molecule has 3 aliphatic rings. The summed E-state index contributed by atoms with van der Waals surface area (Å²) < 4.78 is 11.0. The summed E-state index contributed by atoms with van der Waals surface area (Å²) in [5.74, 6) is 6.41. The Hall–Kier alpha value is -4.84. The van der Waals surface area contributed by atoms with Crippen molar-refractivity contribution < 1.29 is 23.9 Å². The largest absolute Gasteiger partial charge is 0.497 e. The van der Waals surface area contributed by atoms with Gasteiger partial charge in [-0.2, -0.15) is 0 Å². The molecule has 1 saturated heterocycles. The highest BCUT2D eigenvalue weighted by Crippen LogP contribution is 2.35. The molecule has 0 saturated carbocycles. The van der Waals surface area contributed by atoms with Crippen LogP contribution in [0.15, 0.2) is 54.7 Å². The van der Waals surface area contributed by atoms with Crippen molar-refractivity contribution in [2.45, 2.75) is 18.7 Å². The van der Waals surface area contributed by atoms with E-state index < -0.39 is 17.5 Å². The van der Waals surface area contributed by atoms with Crippen LogP contribution < -0.4 is 20.1 Å². The average molecular weight is 480 g/mol. The van der Waals surface area contributed by atoms with E-state index in [9.17, 15) is 14.4 Å². The summed E-state index contributed by atoms with van der Waals surface area (Å²) in [7, 11) is 1.53. The molecule has 0 unspecified atom stereocenters. The van der Waals surface area contributed by atoms with Gasteiger partial charge in [0.25, 0.3) is 11.8 Å². The van der Waals surface area contributed by atoms with E-state index in [4.69, 9.17) is 9.47 Å². The van der Waals surface area contributed by atoms with E-state index in [1.165, 1.54) is 12.0 Å². The molecule has 9 heteroatoms. The molecule has 36 heavy (non-hydrogen) atoms. The number of hydrogen-bond acceptors (Lipinski definition) is 6. The molecule has 2 N–H and O–H groups in total. The summed E-state index contributed by atoms with van der Waals surface area (Å²) in [6, 6.07) is 14.0. The number of methoxy groups -OCH3 is 1. The number of hydrogen-bond donors (Lipinski definition) is 2. The van der Waals surface area contributed by atoms with Crippen LogP contribution in [0.1, 0.15) is 27.0 Å². The molecule has 9 nitrogen and oxygen atoms in total. The molecule has 6 rings (SSSR count). The Morgan fingerprint density at radius 2 is 2.00 bits per heavy atom. The minimum Gasteiger partial charge on any atom is -0.497 e. The first-order valence-corrected chi connectivity index (χ1v) is 11.3. The van der Waals surface area contributed by atoms with Gasteiger partial charge in [0.1, 0.15) is 23.8 Å². The molecule has 0 bridgehead atoms. The van der Waals surface area contributed by atoms with Gasteiger partial charge in [0.15, 0.2) is 0 Å². The highest BCUT2D eigenvalue weighted by Gasteiger charge is 2.48. The molecule has 0 spiro atoms. The zero-order chi connectivity index (χ0) is 24.9. The van der Waals surface area contributed by atoms with Crippen LogP contribution in [0.2, 0.25) is 0 Å². The standard InChI is InChI=1S/C27H20N4O5/c1-35-19-6-5-17-13-31(24(32)21(17)12-19)15-27(25(33)29-26(34)30-27)9-8-16-4-7-20-18(11-16)14-36-22-3-2-10-28-23(20)22/h2-7,10-12H,13-15H2,1H3,(H2,29,30,33,34)/t27-/m1/s1. The molecule has 1 atom stereocenters. The van der Waals surface area contributed by atoms with Gasteiger partial charge in [-0.25, -0.2) is 4.79 Å². The molecule has 4 heterocycles. The van der Waals surface area contributed by atoms with Gasteiger partial charge in [0, 0.05) is 35.0 Å². The van der Waals surface area contributed by atoms with Crippen molar-refractivity contribution in [3.63, 3.8) is 0 Å². The van der Waals surface area contributed by atoms with Gasteiger partial charge in [0.2, 0.25) is 5.54 Å². The van der Waals surface area contributed by atoms with Crippen molar-refractivity contribution in [1.29, 1.82) is 0 Å². The Balaban J connectivity index is 1.31. The minimum absolute atomic E-state index is 0.0985. The van der Waals surface area contributed by atoms with Gasteiger partial charge >= 0.3 is 6.03 Å². The van der Waals surface area contributed by atoms with Crippen LogP contribution >= 0.6 is 0 Å². The van der Waals surface area contributed by atoms with Gasteiger partial charge in [-0.3, -0.25) is 19.9 Å². The van der Waals surface area contributed by atoms with E-state index in [0.29, 0.717) is 30.0 Å². The summed E-state index contributed by atoms with van der Waals surface area (Å²) in [6.07, 6.45) is 1.71. The second-order valence-corrected chi connectivity index (χ2v) is 8.76. The van der Waals surface area contributed by atoms with Crippen LogP contribution in [0.4, 0.5) is 4.79 Å². The second kappa shape index (κ2) is 8.13. The fourth-order valence-corrected chi connectivity index (χ4v) is 4.68. The summed E-state index contributed by atoms with van der Waals surface area (Å²) in [4.78, 5) is 44.0. The summed E-state index contributed by atoms with van der Waals surface area (Å²) in [6.45, 7) is 0.571. The van der Waals surface area contributed by atoms with Crippen molar-refractivity contribution in [2.75, 3.05) is 13.7 Å². The Morgan fingerprint density at radius 3 is 2.81 bits per heavy atom. The van der Waals surface area contributed by atoms with Crippen LogP contribution in [-0.2, 0) is 17.9 Å². The Morgan fingerprint density at radius 1 is 1.11 bits per heavy atom. The number of ether oxygens (including phenoxy) is 2. The highest BCUT2D eigenvalue weighted by molar-refractivity contribution is 6.10. The summed E-state index contributed by atoms with van der Waals surface area (Å²) in [5, 5.41) is 4.89. The summed E-state index contributed by atoms with van der Waals surface area (Å²) >= 11 is 0. The fraction of sp³-hybridized carbons (Fsp3) is 0.185. The molecule has 1 aromatic heterocycles. The molecule has 0 aliphatic carbocycles. The number of rotatable bonds is 3. The molecule has 3 aliphatic heterocycles. The van der Waals surface area contributed by atoms with E-state index in [2.05, 4.69) is 27.5 Å². The van der Waals surface area contributed by atoms with Crippen LogP contribution in [0.25, 0.3) is 11.3 Å². The van der Waals surface area contributed by atoms with E-state index in [1.54, 1.807) is 18.3 Å². The molecule has 1 fully saturated rings. The summed E-state index contributed by atoms with van der Waals surface area (Å²) in [5.41, 5.74) is 3.02. The van der Waals surface area contributed by atoms with Crippen LogP contribution in [0.3, 0.4) is 0 Å². The second-order valence-electron chi connectivity index (χ2n) is 8.76. The highest BCUT2D eigenvalue weighted by atomic mass is 16.5. The lowest BCUT2D eigenvalue weighted by atomic mass is 9.96. The number of benzene rings is 2. The lowest BCUT2D eigenvalue weighted by Gasteiger charge is -2.26. The third kappa shape index (κ3) is 3.51. The fourth-order valence-electron chi connectivity index (χ4n) is 4.68. The number of aromatic nitrogens is 1. The van der Waals surface area contributed by atoms with Gasteiger partial charge in [-0.1, -0.05) is 24.0 Å². The lowest BCUT2D eigenvalue weighted by Crippen LogP contribution is -2.54. The van der Waals surface area contributed by atoms with Gasteiger partial charge in [0.05, 0.1) is 13.7 Å². The van der Waals surface area contributed by atoms with Crippen molar-refractivity contribution in [2.24, 2.45) is 0 Å². The maximum atomic E-state index is 13.1. The molecule has 3 aromatic rings. The molecule has 4 amide bonds. The first-order chi connectivity index (χ1) is 17.5. The number of carbonyl (C=O) groups excluding carboxylic acids is 3. The number of nitrogens with one attached hydrogen (secondary N) is 2. The lowest BCUT2D eigenvalue weighted by molar-refractivity contribution is -0.122. The maximum Gasteiger partial charge on any atom is 0.323 e. The van der Waals surface area contributed by atoms with Crippen molar-refractivity contribution in [3.05, 3.63) is 77.0 Å². The van der Waals surface area contributed by atoms with E-state index >= 15 is 0 Å². The number of amides is 4.